The zero-order valence-corrected chi connectivity index (χ0v) is 11.3. The van der Waals surface area contributed by atoms with Crippen molar-refractivity contribution >= 4 is 28.9 Å². The highest BCUT2D eigenvalue weighted by Crippen LogP contribution is 2.26. The molecule has 0 atom stereocenters. The Bertz CT molecular complexity index is 783. The molecule has 114 valence electrons. The SMILES string of the molecule is O=C(Nc1cccc(Cl)c1)c1cc([N+](=O)[O-])c(F)c(F)c1F. The number of rotatable bonds is 3. The van der Waals surface area contributed by atoms with E-state index < -0.39 is 39.5 Å². The Labute approximate surface area is 126 Å². The topological polar surface area (TPSA) is 72.2 Å². The highest BCUT2D eigenvalue weighted by Gasteiger charge is 2.28. The Morgan fingerprint density at radius 1 is 1.14 bits per heavy atom. The molecule has 0 radical (unpaired) electrons. The molecule has 9 heteroatoms. The van der Waals surface area contributed by atoms with Crippen LogP contribution in [0.3, 0.4) is 0 Å². The summed E-state index contributed by atoms with van der Waals surface area (Å²) in [4.78, 5) is 21.2. The molecule has 2 aromatic rings. The van der Waals surface area contributed by atoms with Crippen molar-refractivity contribution in [1.29, 1.82) is 0 Å². The average molecular weight is 331 g/mol. The molecule has 1 N–H and O–H groups in total. The molecular weight excluding hydrogens is 325 g/mol. The molecule has 1 amide bonds. The summed E-state index contributed by atoms with van der Waals surface area (Å²) in [6, 6.07) is 6.07. The van der Waals surface area contributed by atoms with Crippen molar-refractivity contribution < 1.29 is 22.9 Å². The number of hydrogen-bond acceptors (Lipinski definition) is 3. The van der Waals surface area contributed by atoms with Gasteiger partial charge in [-0.3, -0.25) is 14.9 Å². The normalized spacial score (nSPS) is 10.4. The van der Waals surface area contributed by atoms with Gasteiger partial charge in [-0.1, -0.05) is 17.7 Å². The Kier molecular flexibility index (Phi) is 4.32. The first-order valence-electron chi connectivity index (χ1n) is 5.70. The van der Waals surface area contributed by atoms with Gasteiger partial charge in [0.15, 0.2) is 5.82 Å². The van der Waals surface area contributed by atoms with Crippen molar-refractivity contribution in [3.63, 3.8) is 0 Å². The molecule has 2 rings (SSSR count). The fourth-order valence-electron chi connectivity index (χ4n) is 1.65. The highest BCUT2D eigenvalue weighted by atomic mass is 35.5. The van der Waals surface area contributed by atoms with Gasteiger partial charge in [-0.25, -0.2) is 8.78 Å². The van der Waals surface area contributed by atoms with E-state index >= 15 is 0 Å². The quantitative estimate of drug-likeness (QED) is 0.526. The van der Waals surface area contributed by atoms with Gasteiger partial charge in [-0.2, -0.15) is 4.39 Å². The third kappa shape index (κ3) is 3.01. The number of anilines is 1. The molecule has 0 bridgehead atoms. The zero-order valence-electron chi connectivity index (χ0n) is 10.6. The Morgan fingerprint density at radius 2 is 1.82 bits per heavy atom. The van der Waals surface area contributed by atoms with Crippen LogP contribution in [0.1, 0.15) is 10.4 Å². The number of amides is 1. The number of carbonyl (C=O) groups is 1. The van der Waals surface area contributed by atoms with Gasteiger partial charge in [-0.15, -0.1) is 0 Å². The van der Waals surface area contributed by atoms with E-state index in [2.05, 4.69) is 5.32 Å². The molecular formula is C13H6ClF3N2O3. The van der Waals surface area contributed by atoms with Crippen molar-refractivity contribution in [3.05, 3.63) is 68.5 Å². The maximum Gasteiger partial charge on any atom is 0.308 e. The van der Waals surface area contributed by atoms with Crippen LogP contribution >= 0.6 is 11.6 Å². The van der Waals surface area contributed by atoms with Crippen LogP contribution in [0.2, 0.25) is 5.02 Å². The summed E-state index contributed by atoms with van der Waals surface area (Å²) in [5.41, 5.74) is -2.18. The maximum absolute atomic E-state index is 13.6. The van der Waals surface area contributed by atoms with Crippen LogP contribution in [0, 0.1) is 27.6 Å². The van der Waals surface area contributed by atoms with Crippen LogP contribution in [-0.2, 0) is 0 Å². The molecule has 0 aliphatic rings. The van der Waals surface area contributed by atoms with Crippen molar-refractivity contribution in [2.75, 3.05) is 5.32 Å². The first kappa shape index (κ1) is 15.8. The Morgan fingerprint density at radius 3 is 2.41 bits per heavy atom. The largest absolute Gasteiger partial charge is 0.322 e. The summed E-state index contributed by atoms with van der Waals surface area (Å²) < 4.78 is 40.2. The monoisotopic (exact) mass is 330 g/mol. The van der Waals surface area contributed by atoms with E-state index in [9.17, 15) is 28.1 Å². The van der Waals surface area contributed by atoms with Gasteiger partial charge >= 0.3 is 5.69 Å². The van der Waals surface area contributed by atoms with Crippen molar-refractivity contribution in [1.82, 2.24) is 0 Å². The summed E-state index contributed by atoms with van der Waals surface area (Å²) in [6.07, 6.45) is 0. The average Bonchev–Trinajstić information content (AvgIpc) is 2.44. The van der Waals surface area contributed by atoms with Crippen molar-refractivity contribution in [3.8, 4) is 0 Å². The lowest BCUT2D eigenvalue weighted by Crippen LogP contribution is -2.16. The van der Waals surface area contributed by atoms with E-state index in [1.165, 1.54) is 24.3 Å². The van der Waals surface area contributed by atoms with Gasteiger partial charge in [0.05, 0.1) is 10.5 Å². The second-order valence-corrected chi connectivity index (χ2v) is 4.54. The fraction of sp³-hybridized carbons (Fsp3) is 0. The molecule has 2 aromatic carbocycles. The molecule has 0 saturated carbocycles. The second-order valence-electron chi connectivity index (χ2n) is 4.11. The van der Waals surface area contributed by atoms with Crippen molar-refractivity contribution in [2.24, 2.45) is 0 Å². The van der Waals surface area contributed by atoms with Gasteiger partial charge < -0.3 is 5.32 Å². The Balaban J connectivity index is 2.43. The molecule has 5 nitrogen and oxygen atoms in total. The molecule has 0 aromatic heterocycles. The lowest BCUT2D eigenvalue weighted by atomic mass is 10.1. The minimum absolute atomic E-state index is 0.157. The van der Waals surface area contributed by atoms with Gasteiger partial charge in [0, 0.05) is 16.8 Å². The lowest BCUT2D eigenvalue weighted by Gasteiger charge is -2.07. The number of benzene rings is 2. The predicted molar refractivity (Wildman–Crippen MR) is 72.4 cm³/mol. The maximum atomic E-state index is 13.6. The van der Waals surface area contributed by atoms with Crippen LogP contribution in [0.25, 0.3) is 0 Å². The molecule has 0 heterocycles. The summed E-state index contributed by atoms with van der Waals surface area (Å²) in [5.74, 6) is -7.06. The lowest BCUT2D eigenvalue weighted by molar-refractivity contribution is -0.387. The number of nitrogens with zero attached hydrogens (tertiary/aromatic N) is 1. The fourth-order valence-corrected chi connectivity index (χ4v) is 1.84. The number of carbonyl (C=O) groups excluding carboxylic acids is 1. The number of nitro benzene ring substituents is 1. The van der Waals surface area contributed by atoms with Gasteiger partial charge in [-0.05, 0) is 18.2 Å². The van der Waals surface area contributed by atoms with Gasteiger partial charge in [0.1, 0.15) is 0 Å². The molecule has 0 fully saturated rings. The van der Waals surface area contributed by atoms with E-state index in [4.69, 9.17) is 11.6 Å². The third-order valence-electron chi connectivity index (χ3n) is 2.65. The minimum atomic E-state index is -2.09. The standard InChI is InChI=1S/C13H6ClF3N2O3/c14-6-2-1-3-7(4-6)18-13(20)8-5-9(19(21)22)11(16)12(17)10(8)15/h1-5H,(H,18,20). The summed E-state index contributed by atoms with van der Waals surface area (Å²) in [6.45, 7) is 0. The van der Waals surface area contributed by atoms with E-state index in [0.717, 1.165) is 0 Å². The number of hydrogen-bond donors (Lipinski definition) is 1. The smallest absolute Gasteiger partial charge is 0.308 e. The third-order valence-corrected chi connectivity index (χ3v) is 2.89. The first-order chi connectivity index (χ1) is 10.3. The first-order valence-corrected chi connectivity index (χ1v) is 6.08. The summed E-state index contributed by atoms with van der Waals surface area (Å²) in [7, 11) is 0. The minimum Gasteiger partial charge on any atom is -0.322 e. The number of nitro groups is 1. The molecule has 22 heavy (non-hydrogen) atoms. The van der Waals surface area contributed by atoms with Crippen LogP contribution in [0.15, 0.2) is 30.3 Å². The Hall–Kier alpha value is -2.61. The summed E-state index contributed by atoms with van der Waals surface area (Å²) >= 11 is 5.69. The molecule has 0 aliphatic heterocycles. The van der Waals surface area contributed by atoms with Crippen LogP contribution in [0.5, 0.6) is 0 Å². The van der Waals surface area contributed by atoms with E-state index in [0.29, 0.717) is 6.07 Å². The molecule has 0 unspecified atom stereocenters. The van der Waals surface area contributed by atoms with E-state index in [-0.39, 0.29) is 10.7 Å². The van der Waals surface area contributed by atoms with Crippen LogP contribution in [0.4, 0.5) is 24.5 Å². The summed E-state index contributed by atoms with van der Waals surface area (Å²) in [5, 5.41) is 13.0. The highest BCUT2D eigenvalue weighted by molar-refractivity contribution is 6.30. The zero-order chi connectivity index (χ0) is 16.4. The van der Waals surface area contributed by atoms with E-state index in [1.54, 1.807) is 0 Å². The van der Waals surface area contributed by atoms with Crippen molar-refractivity contribution in [2.45, 2.75) is 0 Å². The van der Waals surface area contributed by atoms with Crippen LogP contribution < -0.4 is 5.32 Å². The predicted octanol–water partition coefficient (Wildman–Crippen LogP) is 3.92. The molecule has 0 spiro atoms. The van der Waals surface area contributed by atoms with Crippen LogP contribution in [-0.4, -0.2) is 10.8 Å². The molecule has 0 aliphatic carbocycles. The second kappa shape index (κ2) is 6.02. The van der Waals surface area contributed by atoms with Gasteiger partial charge in [0.2, 0.25) is 11.6 Å². The van der Waals surface area contributed by atoms with Gasteiger partial charge in [0.25, 0.3) is 5.91 Å². The van der Waals surface area contributed by atoms with E-state index in [1.807, 2.05) is 0 Å². The number of halogens is 4. The number of nitrogens with one attached hydrogen (secondary N) is 1. The molecule has 0 saturated heterocycles.